The number of amides is 1. The highest BCUT2D eigenvalue weighted by atomic mass is 35.5. The Morgan fingerprint density at radius 2 is 1.73 bits per heavy atom. The van der Waals surface area contributed by atoms with Crippen molar-refractivity contribution in [3.8, 4) is 17.6 Å². The Morgan fingerprint density at radius 1 is 1.04 bits per heavy atom. The largest absolute Gasteiger partial charge is 0.493 e. The SMILES string of the molecule is COc1ccc(N/C=C(/C#N)C(=O)Nc2ccc(Cl)c(Cl)c2)cc1OC. The van der Waals surface area contributed by atoms with Crippen molar-refractivity contribution in [2.75, 3.05) is 24.9 Å². The van der Waals surface area contributed by atoms with E-state index >= 15 is 0 Å². The molecule has 0 spiro atoms. The van der Waals surface area contributed by atoms with Crippen LogP contribution in [0.3, 0.4) is 0 Å². The Hall–Kier alpha value is -2.88. The summed E-state index contributed by atoms with van der Waals surface area (Å²) < 4.78 is 10.4. The molecule has 1 amide bonds. The van der Waals surface area contributed by atoms with Gasteiger partial charge in [-0.15, -0.1) is 0 Å². The molecule has 134 valence electrons. The van der Waals surface area contributed by atoms with Crippen molar-refractivity contribution in [3.05, 3.63) is 58.2 Å². The molecule has 0 radical (unpaired) electrons. The molecule has 0 saturated carbocycles. The van der Waals surface area contributed by atoms with E-state index in [-0.39, 0.29) is 5.57 Å². The number of anilines is 2. The van der Waals surface area contributed by atoms with Gasteiger partial charge in [0.1, 0.15) is 11.6 Å². The molecule has 0 heterocycles. The summed E-state index contributed by atoms with van der Waals surface area (Å²) in [7, 11) is 3.05. The Balaban J connectivity index is 2.13. The highest BCUT2D eigenvalue weighted by Gasteiger charge is 2.11. The van der Waals surface area contributed by atoms with E-state index in [1.54, 1.807) is 30.3 Å². The number of nitriles is 1. The van der Waals surface area contributed by atoms with Crippen LogP contribution in [0.15, 0.2) is 48.2 Å². The van der Waals surface area contributed by atoms with Gasteiger partial charge in [-0.1, -0.05) is 23.2 Å². The molecule has 0 aliphatic rings. The summed E-state index contributed by atoms with van der Waals surface area (Å²) in [5, 5.41) is 15.4. The topological polar surface area (TPSA) is 83.4 Å². The number of carbonyl (C=O) groups excluding carboxylic acids is 1. The second kappa shape index (κ2) is 8.99. The van der Waals surface area contributed by atoms with Crippen molar-refractivity contribution in [1.82, 2.24) is 0 Å². The highest BCUT2D eigenvalue weighted by molar-refractivity contribution is 6.42. The van der Waals surface area contributed by atoms with Crippen LogP contribution in [0.25, 0.3) is 0 Å². The summed E-state index contributed by atoms with van der Waals surface area (Å²) in [5.41, 5.74) is 0.931. The van der Waals surface area contributed by atoms with Crippen molar-refractivity contribution in [3.63, 3.8) is 0 Å². The molecule has 0 fully saturated rings. The highest BCUT2D eigenvalue weighted by Crippen LogP contribution is 2.30. The second-order valence-electron chi connectivity index (χ2n) is 4.97. The van der Waals surface area contributed by atoms with Crippen LogP contribution in [-0.4, -0.2) is 20.1 Å². The predicted octanol–water partition coefficient (Wildman–Crippen LogP) is 4.47. The minimum Gasteiger partial charge on any atom is -0.493 e. The van der Waals surface area contributed by atoms with Crippen LogP contribution in [-0.2, 0) is 4.79 Å². The smallest absolute Gasteiger partial charge is 0.267 e. The van der Waals surface area contributed by atoms with Crippen molar-refractivity contribution < 1.29 is 14.3 Å². The molecule has 0 aliphatic carbocycles. The van der Waals surface area contributed by atoms with Gasteiger partial charge in [-0.05, 0) is 30.3 Å². The van der Waals surface area contributed by atoms with Crippen LogP contribution in [0.1, 0.15) is 0 Å². The van der Waals surface area contributed by atoms with E-state index in [9.17, 15) is 10.1 Å². The van der Waals surface area contributed by atoms with Crippen molar-refractivity contribution in [2.24, 2.45) is 0 Å². The number of hydrogen-bond acceptors (Lipinski definition) is 5. The molecule has 8 heteroatoms. The number of halogens is 2. The lowest BCUT2D eigenvalue weighted by molar-refractivity contribution is -0.112. The van der Waals surface area contributed by atoms with Gasteiger partial charge in [-0.2, -0.15) is 5.26 Å². The van der Waals surface area contributed by atoms with E-state index in [4.69, 9.17) is 32.7 Å². The van der Waals surface area contributed by atoms with Crippen molar-refractivity contribution in [2.45, 2.75) is 0 Å². The number of methoxy groups -OCH3 is 2. The zero-order valence-corrected chi connectivity index (χ0v) is 15.5. The number of benzene rings is 2. The number of nitrogens with one attached hydrogen (secondary N) is 2. The minimum absolute atomic E-state index is 0.120. The van der Waals surface area contributed by atoms with E-state index in [0.717, 1.165) is 0 Å². The van der Waals surface area contributed by atoms with Crippen LogP contribution in [0.4, 0.5) is 11.4 Å². The van der Waals surface area contributed by atoms with Crippen LogP contribution >= 0.6 is 23.2 Å². The molecular weight excluding hydrogens is 377 g/mol. The number of hydrogen-bond donors (Lipinski definition) is 2. The molecular formula is C18H15Cl2N3O3. The first-order chi connectivity index (χ1) is 12.5. The molecule has 0 aromatic heterocycles. The normalized spacial score (nSPS) is 10.7. The number of nitrogens with zero attached hydrogens (tertiary/aromatic N) is 1. The first kappa shape index (κ1) is 19.4. The molecule has 0 unspecified atom stereocenters. The number of rotatable bonds is 6. The third kappa shape index (κ3) is 4.82. The quantitative estimate of drug-likeness (QED) is 0.560. The van der Waals surface area contributed by atoms with Gasteiger partial charge >= 0.3 is 0 Å². The van der Waals surface area contributed by atoms with E-state index < -0.39 is 5.91 Å². The lowest BCUT2D eigenvalue weighted by Gasteiger charge is -2.10. The fraction of sp³-hybridized carbons (Fsp3) is 0.111. The summed E-state index contributed by atoms with van der Waals surface area (Å²) in [6, 6.07) is 11.6. The van der Waals surface area contributed by atoms with Crippen LogP contribution in [0.2, 0.25) is 10.0 Å². The molecule has 0 bridgehead atoms. The fourth-order valence-corrected chi connectivity index (χ4v) is 2.30. The Kier molecular flexibility index (Phi) is 6.73. The third-order valence-corrected chi connectivity index (χ3v) is 4.05. The zero-order valence-electron chi connectivity index (χ0n) is 14.0. The summed E-state index contributed by atoms with van der Waals surface area (Å²) in [6.45, 7) is 0. The van der Waals surface area contributed by atoms with Crippen molar-refractivity contribution in [1.29, 1.82) is 5.26 Å². The fourth-order valence-electron chi connectivity index (χ4n) is 2.00. The van der Waals surface area contributed by atoms with Gasteiger partial charge in [0.15, 0.2) is 11.5 Å². The maximum absolute atomic E-state index is 12.2. The van der Waals surface area contributed by atoms with E-state index in [2.05, 4.69) is 10.6 Å². The summed E-state index contributed by atoms with van der Waals surface area (Å²) in [4.78, 5) is 12.2. The first-order valence-electron chi connectivity index (χ1n) is 7.33. The van der Waals surface area contributed by atoms with Gasteiger partial charge in [0, 0.05) is 23.6 Å². The number of ether oxygens (including phenoxy) is 2. The molecule has 0 aliphatic heterocycles. The monoisotopic (exact) mass is 391 g/mol. The molecule has 0 saturated heterocycles. The second-order valence-corrected chi connectivity index (χ2v) is 5.78. The summed E-state index contributed by atoms with van der Waals surface area (Å²) >= 11 is 11.7. The molecule has 6 nitrogen and oxygen atoms in total. The predicted molar refractivity (Wildman–Crippen MR) is 102 cm³/mol. The van der Waals surface area contributed by atoms with Gasteiger partial charge in [0.05, 0.1) is 24.3 Å². The average molecular weight is 392 g/mol. The molecule has 2 rings (SSSR count). The molecule has 26 heavy (non-hydrogen) atoms. The van der Waals surface area contributed by atoms with Crippen LogP contribution in [0, 0.1) is 11.3 Å². The lowest BCUT2D eigenvalue weighted by atomic mass is 10.2. The molecule has 0 atom stereocenters. The summed E-state index contributed by atoms with van der Waals surface area (Å²) in [5.74, 6) is 0.503. The van der Waals surface area contributed by atoms with Gasteiger partial charge in [0.2, 0.25) is 0 Å². The Morgan fingerprint density at radius 3 is 2.35 bits per heavy atom. The van der Waals surface area contributed by atoms with Crippen LogP contribution in [0.5, 0.6) is 11.5 Å². The lowest BCUT2D eigenvalue weighted by Crippen LogP contribution is -2.14. The van der Waals surface area contributed by atoms with Gasteiger partial charge in [-0.3, -0.25) is 4.79 Å². The third-order valence-electron chi connectivity index (χ3n) is 3.31. The standard InChI is InChI=1S/C18H15Cl2N3O3/c1-25-16-6-4-12(8-17(16)26-2)22-10-11(9-21)18(24)23-13-3-5-14(19)15(20)7-13/h3-8,10,22H,1-2H3,(H,23,24)/b11-10-. The zero-order chi connectivity index (χ0) is 19.1. The Labute approximate surface area is 160 Å². The van der Waals surface area contributed by atoms with Gasteiger partial charge in [0.25, 0.3) is 5.91 Å². The average Bonchev–Trinajstić information content (AvgIpc) is 2.65. The van der Waals surface area contributed by atoms with Gasteiger partial charge in [-0.25, -0.2) is 0 Å². The van der Waals surface area contributed by atoms with E-state index in [1.165, 1.54) is 26.5 Å². The Bertz CT molecular complexity index is 892. The molecule has 2 aromatic rings. The van der Waals surface area contributed by atoms with E-state index in [1.807, 2.05) is 6.07 Å². The van der Waals surface area contributed by atoms with E-state index in [0.29, 0.717) is 32.9 Å². The first-order valence-corrected chi connectivity index (χ1v) is 8.09. The molecule has 2 aromatic carbocycles. The van der Waals surface area contributed by atoms with Crippen molar-refractivity contribution >= 4 is 40.5 Å². The van der Waals surface area contributed by atoms with Gasteiger partial charge < -0.3 is 20.1 Å². The minimum atomic E-state index is -0.584. The summed E-state index contributed by atoms with van der Waals surface area (Å²) in [6.07, 6.45) is 1.30. The molecule has 2 N–H and O–H groups in total. The van der Waals surface area contributed by atoms with Crippen LogP contribution < -0.4 is 20.1 Å². The maximum atomic E-state index is 12.2. The number of carbonyl (C=O) groups is 1. The maximum Gasteiger partial charge on any atom is 0.267 e.